The predicted molar refractivity (Wildman–Crippen MR) is 128 cm³/mol. The van der Waals surface area contributed by atoms with E-state index in [2.05, 4.69) is 15.6 Å². The summed E-state index contributed by atoms with van der Waals surface area (Å²) in [6.45, 7) is 2.04. The fraction of sp³-hybridized carbons (Fsp3) is 0.115. The highest BCUT2D eigenvalue weighted by Gasteiger charge is 2.18. The van der Waals surface area contributed by atoms with Gasteiger partial charge in [-0.25, -0.2) is 4.98 Å². The molecule has 1 unspecified atom stereocenters. The molecule has 0 fully saturated rings. The van der Waals surface area contributed by atoms with Gasteiger partial charge in [-0.2, -0.15) is 0 Å². The van der Waals surface area contributed by atoms with Crippen LogP contribution in [0.4, 0.5) is 5.13 Å². The van der Waals surface area contributed by atoms with Gasteiger partial charge in [0.15, 0.2) is 5.13 Å². The van der Waals surface area contributed by atoms with Crippen LogP contribution in [0.2, 0.25) is 0 Å². The zero-order valence-electron chi connectivity index (χ0n) is 17.6. The maximum Gasteiger partial charge on any atom is 0.257 e. The molecule has 0 saturated heterocycles. The Bertz CT molecular complexity index is 1190. The van der Waals surface area contributed by atoms with E-state index in [1.165, 1.54) is 16.9 Å². The van der Waals surface area contributed by atoms with Crippen molar-refractivity contribution in [3.63, 3.8) is 0 Å². The number of carbonyl (C=O) groups excluding carboxylic acids is 2. The fourth-order valence-corrected chi connectivity index (χ4v) is 4.05. The molecule has 0 aliphatic carbocycles. The van der Waals surface area contributed by atoms with Gasteiger partial charge >= 0.3 is 0 Å². The lowest BCUT2D eigenvalue weighted by Gasteiger charge is -2.20. The van der Waals surface area contributed by atoms with Crippen molar-refractivity contribution in [3.8, 4) is 0 Å². The van der Waals surface area contributed by atoms with E-state index in [4.69, 9.17) is 0 Å². The van der Waals surface area contributed by atoms with Crippen molar-refractivity contribution in [2.45, 2.75) is 19.4 Å². The van der Waals surface area contributed by atoms with Gasteiger partial charge in [-0.05, 0) is 30.2 Å². The third-order valence-corrected chi connectivity index (χ3v) is 5.81. The summed E-state index contributed by atoms with van der Waals surface area (Å²) in [5, 5.41) is 8.19. The van der Waals surface area contributed by atoms with Crippen LogP contribution in [0.3, 0.4) is 0 Å². The topological polar surface area (TPSA) is 71.1 Å². The van der Waals surface area contributed by atoms with E-state index < -0.39 is 0 Å². The molecule has 160 valence electrons. The number of carbonyl (C=O) groups is 2. The SMILES string of the molecule is Cc1ccc(C(NC(=O)Cc2csc(NC(=O)c3ccccc3)n2)c2ccccc2)cc1. The molecule has 6 heteroatoms. The van der Waals surface area contributed by atoms with Crippen molar-refractivity contribution in [2.75, 3.05) is 5.32 Å². The lowest BCUT2D eigenvalue weighted by Crippen LogP contribution is -2.30. The Balaban J connectivity index is 1.43. The summed E-state index contributed by atoms with van der Waals surface area (Å²) in [6.07, 6.45) is 0.132. The summed E-state index contributed by atoms with van der Waals surface area (Å²) in [4.78, 5) is 29.6. The lowest BCUT2D eigenvalue weighted by atomic mass is 9.97. The van der Waals surface area contributed by atoms with E-state index in [0.29, 0.717) is 16.4 Å². The molecule has 32 heavy (non-hydrogen) atoms. The molecule has 4 aromatic rings. The third kappa shape index (κ3) is 5.47. The summed E-state index contributed by atoms with van der Waals surface area (Å²) in [5.41, 5.74) is 4.37. The Kier molecular flexibility index (Phi) is 6.72. The molecule has 1 atom stereocenters. The largest absolute Gasteiger partial charge is 0.345 e. The molecule has 0 bridgehead atoms. The van der Waals surface area contributed by atoms with Crippen molar-refractivity contribution in [1.82, 2.24) is 10.3 Å². The highest BCUT2D eigenvalue weighted by molar-refractivity contribution is 7.14. The quantitative estimate of drug-likeness (QED) is 0.417. The molecule has 1 heterocycles. The zero-order chi connectivity index (χ0) is 22.3. The molecule has 2 N–H and O–H groups in total. The number of anilines is 1. The van der Waals surface area contributed by atoms with Crippen LogP contribution >= 0.6 is 11.3 Å². The van der Waals surface area contributed by atoms with Crippen molar-refractivity contribution >= 4 is 28.3 Å². The van der Waals surface area contributed by atoms with Gasteiger partial charge in [0.05, 0.1) is 18.2 Å². The van der Waals surface area contributed by atoms with Gasteiger partial charge < -0.3 is 5.32 Å². The number of rotatable bonds is 7. The molecule has 2 amide bonds. The lowest BCUT2D eigenvalue weighted by molar-refractivity contribution is -0.121. The Hall–Kier alpha value is -3.77. The molecular weight excluding hydrogens is 418 g/mol. The van der Waals surface area contributed by atoms with Crippen LogP contribution in [0.15, 0.2) is 90.3 Å². The van der Waals surface area contributed by atoms with Gasteiger partial charge in [0.25, 0.3) is 5.91 Å². The maximum atomic E-state index is 12.9. The minimum atomic E-state index is -0.250. The second-order valence-corrected chi connectivity index (χ2v) is 8.32. The third-order valence-electron chi connectivity index (χ3n) is 5.00. The summed E-state index contributed by atoms with van der Waals surface area (Å²) in [7, 11) is 0. The second kappa shape index (κ2) is 10.0. The second-order valence-electron chi connectivity index (χ2n) is 7.46. The molecule has 0 aliphatic rings. The monoisotopic (exact) mass is 441 g/mol. The normalized spacial score (nSPS) is 11.5. The van der Waals surface area contributed by atoms with E-state index in [1.54, 1.807) is 17.5 Å². The number of hydrogen-bond acceptors (Lipinski definition) is 4. The molecule has 3 aromatic carbocycles. The summed E-state index contributed by atoms with van der Waals surface area (Å²) in [5.74, 6) is -0.356. The van der Waals surface area contributed by atoms with E-state index in [1.807, 2.05) is 79.7 Å². The average molecular weight is 442 g/mol. The minimum Gasteiger partial charge on any atom is -0.345 e. The predicted octanol–water partition coefficient (Wildman–Crippen LogP) is 5.15. The summed E-state index contributed by atoms with van der Waals surface area (Å²) in [6, 6.07) is 26.8. The number of benzene rings is 3. The van der Waals surface area contributed by atoms with Crippen LogP contribution in [0.25, 0.3) is 0 Å². The molecule has 1 aromatic heterocycles. The van der Waals surface area contributed by atoms with Gasteiger partial charge in [-0.1, -0.05) is 78.4 Å². The molecule has 0 spiro atoms. The minimum absolute atomic E-state index is 0.132. The zero-order valence-corrected chi connectivity index (χ0v) is 18.4. The number of thiazole rings is 1. The molecule has 0 aliphatic heterocycles. The van der Waals surface area contributed by atoms with Gasteiger partial charge in [0.2, 0.25) is 5.91 Å². The van der Waals surface area contributed by atoms with E-state index in [-0.39, 0.29) is 24.3 Å². The van der Waals surface area contributed by atoms with Crippen molar-refractivity contribution in [1.29, 1.82) is 0 Å². The Morgan fingerprint density at radius 1 is 0.875 bits per heavy atom. The van der Waals surface area contributed by atoms with Gasteiger partial charge in [-0.15, -0.1) is 11.3 Å². The molecule has 0 saturated carbocycles. The number of amides is 2. The molecule has 5 nitrogen and oxygen atoms in total. The highest BCUT2D eigenvalue weighted by atomic mass is 32.1. The van der Waals surface area contributed by atoms with E-state index in [9.17, 15) is 9.59 Å². The average Bonchev–Trinajstić information content (AvgIpc) is 3.25. The van der Waals surface area contributed by atoms with Crippen LogP contribution in [-0.2, 0) is 11.2 Å². The van der Waals surface area contributed by atoms with Gasteiger partial charge in [-0.3, -0.25) is 14.9 Å². The van der Waals surface area contributed by atoms with Crippen LogP contribution in [0.1, 0.15) is 38.8 Å². The number of nitrogens with zero attached hydrogens (tertiary/aromatic N) is 1. The van der Waals surface area contributed by atoms with Crippen LogP contribution in [0, 0.1) is 6.92 Å². The Morgan fingerprint density at radius 3 is 2.19 bits per heavy atom. The first kappa shape index (κ1) is 21.5. The first-order chi connectivity index (χ1) is 15.6. The summed E-state index contributed by atoms with van der Waals surface area (Å²) < 4.78 is 0. The number of aryl methyl sites for hydroxylation is 1. The standard InChI is InChI=1S/C26H23N3O2S/c1-18-12-14-20(15-13-18)24(19-8-4-2-5-9-19)28-23(30)16-22-17-32-26(27-22)29-25(31)21-10-6-3-7-11-21/h2-15,17,24H,16H2,1H3,(H,28,30)(H,27,29,31). The first-order valence-electron chi connectivity index (χ1n) is 10.3. The number of hydrogen-bond donors (Lipinski definition) is 2. The number of nitrogens with one attached hydrogen (secondary N) is 2. The van der Waals surface area contributed by atoms with E-state index in [0.717, 1.165) is 11.1 Å². The smallest absolute Gasteiger partial charge is 0.257 e. The maximum absolute atomic E-state index is 12.9. The molecular formula is C26H23N3O2S. The van der Waals surface area contributed by atoms with Gasteiger partial charge in [0, 0.05) is 10.9 Å². The van der Waals surface area contributed by atoms with Crippen LogP contribution in [-0.4, -0.2) is 16.8 Å². The van der Waals surface area contributed by atoms with Crippen molar-refractivity contribution in [2.24, 2.45) is 0 Å². The first-order valence-corrected chi connectivity index (χ1v) is 11.2. The van der Waals surface area contributed by atoms with E-state index >= 15 is 0 Å². The highest BCUT2D eigenvalue weighted by Crippen LogP contribution is 2.23. The molecule has 0 radical (unpaired) electrons. The Labute approximate surface area is 191 Å². The van der Waals surface area contributed by atoms with Crippen LogP contribution in [0.5, 0.6) is 0 Å². The van der Waals surface area contributed by atoms with Gasteiger partial charge in [0.1, 0.15) is 0 Å². The fourth-order valence-electron chi connectivity index (χ4n) is 3.34. The Morgan fingerprint density at radius 2 is 1.50 bits per heavy atom. The summed E-state index contributed by atoms with van der Waals surface area (Å²) >= 11 is 1.30. The number of aromatic nitrogens is 1. The van der Waals surface area contributed by atoms with Crippen molar-refractivity contribution < 1.29 is 9.59 Å². The van der Waals surface area contributed by atoms with Crippen molar-refractivity contribution in [3.05, 3.63) is 118 Å². The molecule has 4 rings (SSSR count). The van der Waals surface area contributed by atoms with Crippen LogP contribution < -0.4 is 10.6 Å².